The van der Waals surface area contributed by atoms with Crippen LogP contribution in [0.2, 0.25) is 0 Å². The summed E-state index contributed by atoms with van der Waals surface area (Å²) in [6.45, 7) is 3.60. The van der Waals surface area contributed by atoms with Gasteiger partial charge < -0.3 is 16.8 Å². The summed E-state index contributed by atoms with van der Waals surface area (Å²) in [6.07, 6.45) is 1.82. The zero-order chi connectivity index (χ0) is 12.1. The van der Waals surface area contributed by atoms with Crippen molar-refractivity contribution >= 4 is 11.8 Å². The Labute approximate surface area is 95.3 Å². The van der Waals surface area contributed by atoms with E-state index in [2.05, 4.69) is 5.32 Å². The van der Waals surface area contributed by atoms with E-state index >= 15 is 0 Å². The van der Waals surface area contributed by atoms with E-state index in [4.69, 9.17) is 11.5 Å². The van der Waals surface area contributed by atoms with Crippen LogP contribution in [0, 0.1) is 0 Å². The van der Waals surface area contributed by atoms with E-state index in [0.717, 1.165) is 25.9 Å². The Morgan fingerprint density at radius 2 is 1.94 bits per heavy atom. The van der Waals surface area contributed by atoms with Crippen LogP contribution < -0.4 is 16.8 Å². The van der Waals surface area contributed by atoms with Crippen molar-refractivity contribution in [1.29, 1.82) is 0 Å². The Morgan fingerprint density at radius 1 is 1.38 bits per heavy atom. The molecule has 16 heavy (non-hydrogen) atoms. The zero-order valence-corrected chi connectivity index (χ0v) is 9.61. The van der Waals surface area contributed by atoms with Crippen molar-refractivity contribution in [3.63, 3.8) is 0 Å². The minimum Gasteiger partial charge on any atom is -0.369 e. The number of nitrogens with two attached hydrogens (primary N) is 2. The highest BCUT2D eigenvalue weighted by Gasteiger charge is 2.28. The van der Waals surface area contributed by atoms with Gasteiger partial charge in [-0.3, -0.25) is 14.5 Å². The lowest BCUT2D eigenvalue weighted by atomic mass is 10.0. The smallest absolute Gasteiger partial charge is 0.234 e. The van der Waals surface area contributed by atoms with E-state index in [1.807, 2.05) is 4.90 Å². The first-order valence-electron chi connectivity index (χ1n) is 5.56. The number of amides is 2. The van der Waals surface area contributed by atoms with Crippen LogP contribution in [0.5, 0.6) is 0 Å². The maximum atomic E-state index is 11.2. The van der Waals surface area contributed by atoms with Gasteiger partial charge >= 0.3 is 0 Å². The summed E-state index contributed by atoms with van der Waals surface area (Å²) in [7, 11) is 0. The quantitative estimate of drug-likeness (QED) is 0.527. The largest absolute Gasteiger partial charge is 0.369 e. The molecule has 92 valence electrons. The molecule has 1 rings (SSSR count). The SMILES string of the molecule is CC(C(N)=O)N(CC(N)=O)C1CCNCC1. The van der Waals surface area contributed by atoms with Gasteiger partial charge in [-0.05, 0) is 32.9 Å². The summed E-state index contributed by atoms with van der Waals surface area (Å²) < 4.78 is 0. The second-order valence-corrected chi connectivity index (χ2v) is 4.20. The Kier molecular flexibility index (Phi) is 4.70. The van der Waals surface area contributed by atoms with Gasteiger partial charge in [0.2, 0.25) is 11.8 Å². The minimum atomic E-state index is -0.449. The molecule has 0 radical (unpaired) electrons. The number of rotatable bonds is 5. The van der Waals surface area contributed by atoms with E-state index in [9.17, 15) is 9.59 Å². The van der Waals surface area contributed by atoms with Crippen molar-refractivity contribution in [3.8, 4) is 0 Å². The highest BCUT2D eigenvalue weighted by atomic mass is 16.2. The number of nitrogens with zero attached hydrogens (tertiary/aromatic N) is 1. The van der Waals surface area contributed by atoms with Gasteiger partial charge in [0.1, 0.15) is 0 Å². The Balaban J connectivity index is 2.68. The molecule has 6 heteroatoms. The van der Waals surface area contributed by atoms with Crippen LogP contribution in [0.1, 0.15) is 19.8 Å². The molecule has 1 fully saturated rings. The number of carbonyl (C=O) groups excluding carboxylic acids is 2. The third-order valence-corrected chi connectivity index (χ3v) is 3.03. The zero-order valence-electron chi connectivity index (χ0n) is 9.61. The number of hydrogen-bond acceptors (Lipinski definition) is 4. The van der Waals surface area contributed by atoms with Gasteiger partial charge in [0.25, 0.3) is 0 Å². The predicted octanol–water partition coefficient (Wildman–Crippen LogP) is -1.60. The highest BCUT2D eigenvalue weighted by Crippen LogP contribution is 2.14. The molecule has 0 saturated carbocycles. The molecule has 1 atom stereocenters. The van der Waals surface area contributed by atoms with Gasteiger partial charge in [-0.15, -0.1) is 0 Å². The summed E-state index contributed by atoms with van der Waals surface area (Å²) in [6, 6.07) is -0.244. The molecule has 1 saturated heterocycles. The molecule has 1 aliphatic rings. The van der Waals surface area contributed by atoms with Gasteiger partial charge in [0.05, 0.1) is 12.6 Å². The van der Waals surface area contributed by atoms with Crippen molar-refractivity contribution in [2.24, 2.45) is 11.5 Å². The second kappa shape index (κ2) is 5.81. The van der Waals surface area contributed by atoms with Crippen molar-refractivity contribution in [3.05, 3.63) is 0 Å². The molecular weight excluding hydrogens is 208 g/mol. The molecule has 6 nitrogen and oxygen atoms in total. The lowest BCUT2D eigenvalue weighted by Crippen LogP contribution is -2.54. The van der Waals surface area contributed by atoms with Gasteiger partial charge in [0.15, 0.2) is 0 Å². The lowest BCUT2D eigenvalue weighted by Gasteiger charge is -2.36. The van der Waals surface area contributed by atoms with Crippen LogP contribution in [-0.4, -0.2) is 48.4 Å². The first-order chi connectivity index (χ1) is 7.52. The fourth-order valence-corrected chi connectivity index (χ4v) is 2.06. The number of carbonyl (C=O) groups is 2. The van der Waals surface area contributed by atoms with Crippen LogP contribution >= 0.6 is 0 Å². The molecule has 0 aromatic carbocycles. The second-order valence-electron chi connectivity index (χ2n) is 4.20. The van der Waals surface area contributed by atoms with Gasteiger partial charge in [-0.2, -0.15) is 0 Å². The van der Waals surface area contributed by atoms with Crippen LogP contribution in [0.3, 0.4) is 0 Å². The molecule has 5 N–H and O–H groups in total. The van der Waals surface area contributed by atoms with Crippen molar-refractivity contribution in [2.45, 2.75) is 31.8 Å². The molecule has 2 amide bonds. The Hall–Kier alpha value is -1.14. The standard InChI is InChI=1S/C10H20N4O2/c1-7(10(12)16)14(6-9(11)15)8-2-4-13-5-3-8/h7-8,13H,2-6H2,1H3,(H2,11,15)(H2,12,16). The number of hydrogen-bond donors (Lipinski definition) is 3. The summed E-state index contributed by atoms with van der Waals surface area (Å²) in [5.41, 5.74) is 10.5. The van der Waals surface area contributed by atoms with Crippen LogP contribution in [0.4, 0.5) is 0 Å². The number of piperidine rings is 1. The van der Waals surface area contributed by atoms with Crippen LogP contribution in [0.25, 0.3) is 0 Å². The third-order valence-electron chi connectivity index (χ3n) is 3.03. The molecule has 1 heterocycles. The number of primary amides is 2. The molecule has 0 bridgehead atoms. The normalized spacial score (nSPS) is 19.6. The van der Waals surface area contributed by atoms with Crippen molar-refractivity contribution < 1.29 is 9.59 Å². The molecule has 0 aromatic heterocycles. The summed E-state index contributed by atoms with van der Waals surface area (Å²) in [4.78, 5) is 24.0. The van der Waals surface area contributed by atoms with E-state index < -0.39 is 17.9 Å². The average Bonchev–Trinajstić information content (AvgIpc) is 2.26. The molecule has 0 aromatic rings. The van der Waals surface area contributed by atoms with Crippen LogP contribution in [0.15, 0.2) is 0 Å². The maximum Gasteiger partial charge on any atom is 0.234 e. The van der Waals surface area contributed by atoms with Gasteiger partial charge in [-0.25, -0.2) is 0 Å². The highest BCUT2D eigenvalue weighted by molar-refractivity contribution is 5.81. The molecule has 0 spiro atoms. The first kappa shape index (κ1) is 12.9. The average molecular weight is 228 g/mol. The van der Waals surface area contributed by atoms with Gasteiger partial charge in [0, 0.05) is 6.04 Å². The van der Waals surface area contributed by atoms with E-state index in [-0.39, 0.29) is 12.6 Å². The topological polar surface area (TPSA) is 101 Å². The van der Waals surface area contributed by atoms with E-state index in [0.29, 0.717) is 0 Å². The molecule has 1 aliphatic heterocycles. The summed E-state index contributed by atoms with van der Waals surface area (Å²) in [5, 5.41) is 3.23. The van der Waals surface area contributed by atoms with Crippen molar-refractivity contribution in [1.82, 2.24) is 10.2 Å². The predicted molar refractivity (Wildman–Crippen MR) is 60.4 cm³/mol. The fourth-order valence-electron chi connectivity index (χ4n) is 2.06. The molecule has 1 unspecified atom stereocenters. The monoisotopic (exact) mass is 228 g/mol. The lowest BCUT2D eigenvalue weighted by molar-refractivity contribution is -0.126. The third kappa shape index (κ3) is 3.46. The maximum absolute atomic E-state index is 11.2. The minimum absolute atomic E-state index is 0.0920. The Bertz CT molecular complexity index is 264. The number of nitrogens with one attached hydrogen (secondary N) is 1. The molecule has 0 aliphatic carbocycles. The van der Waals surface area contributed by atoms with E-state index in [1.165, 1.54) is 0 Å². The first-order valence-corrected chi connectivity index (χ1v) is 5.56. The van der Waals surface area contributed by atoms with Crippen LogP contribution in [-0.2, 0) is 9.59 Å². The fraction of sp³-hybridized carbons (Fsp3) is 0.800. The van der Waals surface area contributed by atoms with Crippen molar-refractivity contribution in [2.75, 3.05) is 19.6 Å². The Morgan fingerprint density at radius 3 is 2.38 bits per heavy atom. The van der Waals surface area contributed by atoms with E-state index in [1.54, 1.807) is 6.92 Å². The van der Waals surface area contributed by atoms with Gasteiger partial charge in [-0.1, -0.05) is 0 Å². The summed E-state index contributed by atoms with van der Waals surface area (Å²) in [5.74, 6) is -0.841. The summed E-state index contributed by atoms with van der Waals surface area (Å²) >= 11 is 0. The molecular formula is C10H20N4O2.